The minimum atomic E-state index is 0.674. The van der Waals surface area contributed by atoms with Crippen LogP contribution < -0.4 is 5.32 Å². The zero-order chi connectivity index (χ0) is 14.1. The van der Waals surface area contributed by atoms with Crippen molar-refractivity contribution in [3.63, 3.8) is 0 Å². The Morgan fingerprint density at radius 3 is 2.32 bits per heavy atom. The molecule has 1 nitrogen and oxygen atoms in total. The lowest BCUT2D eigenvalue weighted by Gasteiger charge is -2.21. The fourth-order valence-corrected chi connectivity index (χ4v) is 2.78. The Hall–Kier alpha value is -0.820. The summed E-state index contributed by atoms with van der Waals surface area (Å²) in [5.41, 5.74) is 2.82. The molecule has 1 N–H and O–H groups in total. The van der Waals surface area contributed by atoms with Crippen molar-refractivity contribution in [2.75, 3.05) is 6.54 Å². The molecule has 0 aliphatic carbocycles. The molecule has 0 aliphatic heterocycles. The average molecular weight is 261 g/mol. The van der Waals surface area contributed by atoms with Crippen molar-refractivity contribution in [3.8, 4) is 0 Å². The van der Waals surface area contributed by atoms with E-state index in [0.717, 1.165) is 12.5 Å². The number of aryl methyl sites for hydroxylation is 2. The normalized spacial score (nSPS) is 14.3. The molecule has 0 aromatic heterocycles. The maximum Gasteiger partial charge on any atom is 0.00726 e. The predicted octanol–water partition coefficient (Wildman–Crippen LogP) is 4.73. The topological polar surface area (TPSA) is 12.0 Å². The van der Waals surface area contributed by atoms with Crippen molar-refractivity contribution in [2.45, 2.75) is 65.8 Å². The summed E-state index contributed by atoms with van der Waals surface area (Å²) in [6, 6.07) is 9.66. The Bertz CT molecular complexity index is 328. The molecule has 0 spiro atoms. The van der Waals surface area contributed by atoms with Crippen LogP contribution >= 0.6 is 0 Å². The van der Waals surface area contributed by atoms with Crippen LogP contribution in [0.15, 0.2) is 24.3 Å². The highest BCUT2D eigenvalue weighted by Crippen LogP contribution is 2.16. The van der Waals surface area contributed by atoms with Gasteiger partial charge >= 0.3 is 0 Å². The first kappa shape index (κ1) is 16.2. The minimum Gasteiger partial charge on any atom is -0.314 e. The van der Waals surface area contributed by atoms with Crippen molar-refractivity contribution in [2.24, 2.45) is 5.92 Å². The highest BCUT2D eigenvalue weighted by Gasteiger charge is 2.11. The van der Waals surface area contributed by atoms with Gasteiger partial charge in [0.2, 0.25) is 0 Å². The van der Waals surface area contributed by atoms with Crippen molar-refractivity contribution in [1.82, 2.24) is 5.32 Å². The Balaban J connectivity index is 2.42. The van der Waals surface area contributed by atoms with Gasteiger partial charge < -0.3 is 5.32 Å². The molecule has 2 atom stereocenters. The molecular formula is C18H31N. The Morgan fingerprint density at radius 1 is 1.05 bits per heavy atom. The molecule has 1 rings (SSSR count). The van der Waals surface area contributed by atoms with E-state index in [2.05, 4.69) is 57.3 Å². The second-order valence-corrected chi connectivity index (χ2v) is 5.91. The van der Waals surface area contributed by atoms with E-state index < -0.39 is 0 Å². The second-order valence-electron chi connectivity index (χ2n) is 5.91. The molecular weight excluding hydrogens is 230 g/mol. The fraction of sp³-hybridized carbons (Fsp3) is 0.667. The number of hydrogen-bond donors (Lipinski definition) is 1. The van der Waals surface area contributed by atoms with Crippen LogP contribution in [0.25, 0.3) is 0 Å². The lowest BCUT2D eigenvalue weighted by atomic mass is 9.93. The van der Waals surface area contributed by atoms with Gasteiger partial charge in [-0.1, -0.05) is 63.4 Å². The third kappa shape index (κ3) is 6.77. The van der Waals surface area contributed by atoms with E-state index in [1.807, 2.05) is 0 Å². The van der Waals surface area contributed by atoms with E-state index in [4.69, 9.17) is 0 Å². The molecule has 2 unspecified atom stereocenters. The minimum absolute atomic E-state index is 0.674. The van der Waals surface area contributed by atoms with E-state index in [1.165, 1.54) is 43.2 Å². The van der Waals surface area contributed by atoms with Crippen LogP contribution in [0.2, 0.25) is 0 Å². The molecule has 0 saturated carbocycles. The lowest BCUT2D eigenvalue weighted by molar-refractivity contribution is 0.372. The highest BCUT2D eigenvalue weighted by molar-refractivity contribution is 5.21. The highest BCUT2D eigenvalue weighted by atomic mass is 14.9. The zero-order valence-corrected chi connectivity index (χ0v) is 13.2. The lowest BCUT2D eigenvalue weighted by Crippen LogP contribution is -2.31. The quantitative estimate of drug-likeness (QED) is 0.677. The first-order valence-electron chi connectivity index (χ1n) is 7.94. The molecule has 0 amide bonds. The molecule has 0 fully saturated rings. The van der Waals surface area contributed by atoms with Gasteiger partial charge in [0.05, 0.1) is 0 Å². The maximum absolute atomic E-state index is 3.65. The maximum atomic E-state index is 3.65. The molecule has 1 aromatic carbocycles. The fourth-order valence-electron chi connectivity index (χ4n) is 2.78. The molecule has 0 heterocycles. The summed E-state index contributed by atoms with van der Waals surface area (Å²) in [5, 5.41) is 3.65. The summed E-state index contributed by atoms with van der Waals surface area (Å²) in [6.45, 7) is 10.1. The van der Waals surface area contributed by atoms with Gasteiger partial charge in [-0.05, 0) is 44.2 Å². The van der Waals surface area contributed by atoms with Crippen LogP contribution in [-0.2, 0) is 6.42 Å². The van der Waals surface area contributed by atoms with Crippen LogP contribution in [0.1, 0.15) is 57.6 Å². The number of hydrogen-bond acceptors (Lipinski definition) is 1. The predicted molar refractivity (Wildman–Crippen MR) is 85.7 cm³/mol. The van der Waals surface area contributed by atoms with E-state index in [9.17, 15) is 0 Å². The molecule has 0 saturated heterocycles. The number of rotatable bonds is 9. The molecule has 1 heteroatoms. The van der Waals surface area contributed by atoms with Crippen LogP contribution in [-0.4, -0.2) is 12.6 Å². The SMILES string of the molecule is CCCC(C)CC(CCc1ccc(C)cc1)NCC. The van der Waals surface area contributed by atoms with Crippen LogP contribution in [0, 0.1) is 12.8 Å². The molecule has 19 heavy (non-hydrogen) atoms. The number of nitrogens with one attached hydrogen (secondary N) is 1. The van der Waals surface area contributed by atoms with Crippen molar-refractivity contribution < 1.29 is 0 Å². The molecule has 1 aromatic rings. The van der Waals surface area contributed by atoms with Crippen LogP contribution in [0.3, 0.4) is 0 Å². The molecule has 0 bridgehead atoms. The third-order valence-corrected chi connectivity index (χ3v) is 3.86. The summed E-state index contributed by atoms with van der Waals surface area (Å²) in [5.74, 6) is 0.840. The second kappa shape index (κ2) is 9.14. The Morgan fingerprint density at radius 2 is 1.74 bits per heavy atom. The first-order chi connectivity index (χ1) is 9.15. The van der Waals surface area contributed by atoms with Gasteiger partial charge in [0.1, 0.15) is 0 Å². The zero-order valence-electron chi connectivity index (χ0n) is 13.2. The number of benzene rings is 1. The molecule has 108 valence electrons. The van der Waals surface area contributed by atoms with Crippen molar-refractivity contribution >= 4 is 0 Å². The van der Waals surface area contributed by atoms with Crippen molar-refractivity contribution in [3.05, 3.63) is 35.4 Å². The average Bonchev–Trinajstić information content (AvgIpc) is 2.38. The van der Waals surface area contributed by atoms with Gasteiger partial charge in [-0.2, -0.15) is 0 Å². The standard InChI is InChI=1S/C18H31N/c1-5-7-16(4)14-18(19-6-2)13-12-17-10-8-15(3)9-11-17/h8-11,16,18-19H,5-7,12-14H2,1-4H3. The largest absolute Gasteiger partial charge is 0.314 e. The summed E-state index contributed by atoms with van der Waals surface area (Å²) < 4.78 is 0. The van der Waals surface area contributed by atoms with Gasteiger partial charge in [-0.15, -0.1) is 0 Å². The van der Waals surface area contributed by atoms with Gasteiger partial charge in [0.25, 0.3) is 0 Å². The van der Waals surface area contributed by atoms with Gasteiger partial charge in [0, 0.05) is 6.04 Å². The van der Waals surface area contributed by atoms with E-state index >= 15 is 0 Å². The Labute approximate surface area is 119 Å². The van der Waals surface area contributed by atoms with Crippen LogP contribution in [0.5, 0.6) is 0 Å². The van der Waals surface area contributed by atoms with E-state index in [-0.39, 0.29) is 0 Å². The van der Waals surface area contributed by atoms with Crippen molar-refractivity contribution in [1.29, 1.82) is 0 Å². The third-order valence-electron chi connectivity index (χ3n) is 3.86. The van der Waals surface area contributed by atoms with Gasteiger partial charge in [0.15, 0.2) is 0 Å². The summed E-state index contributed by atoms with van der Waals surface area (Å²) >= 11 is 0. The summed E-state index contributed by atoms with van der Waals surface area (Å²) in [7, 11) is 0. The summed E-state index contributed by atoms with van der Waals surface area (Å²) in [4.78, 5) is 0. The van der Waals surface area contributed by atoms with Gasteiger partial charge in [-0.3, -0.25) is 0 Å². The van der Waals surface area contributed by atoms with Gasteiger partial charge in [-0.25, -0.2) is 0 Å². The Kier molecular flexibility index (Phi) is 7.81. The first-order valence-corrected chi connectivity index (χ1v) is 7.94. The molecule has 0 aliphatic rings. The van der Waals surface area contributed by atoms with Crippen LogP contribution in [0.4, 0.5) is 0 Å². The summed E-state index contributed by atoms with van der Waals surface area (Å²) in [6.07, 6.45) is 6.42. The van der Waals surface area contributed by atoms with E-state index in [0.29, 0.717) is 6.04 Å². The molecule has 0 radical (unpaired) electrons. The smallest absolute Gasteiger partial charge is 0.00726 e. The van der Waals surface area contributed by atoms with E-state index in [1.54, 1.807) is 0 Å². The monoisotopic (exact) mass is 261 g/mol.